The van der Waals surface area contributed by atoms with Crippen LogP contribution in [0.2, 0.25) is 0 Å². The van der Waals surface area contributed by atoms with Gasteiger partial charge in [-0.3, -0.25) is 10.1 Å². The van der Waals surface area contributed by atoms with E-state index >= 15 is 0 Å². The Morgan fingerprint density at radius 2 is 1.95 bits per heavy atom. The van der Waals surface area contributed by atoms with Gasteiger partial charge in [0.1, 0.15) is 0 Å². The van der Waals surface area contributed by atoms with Gasteiger partial charge in [0, 0.05) is 30.1 Å². The Kier molecular flexibility index (Phi) is 2.88. The minimum Gasteiger partial charge on any atom is -0.301 e. The van der Waals surface area contributed by atoms with Crippen molar-refractivity contribution in [2.75, 3.05) is 0 Å². The van der Waals surface area contributed by atoms with Crippen molar-refractivity contribution in [3.8, 4) is 0 Å². The Bertz CT molecular complexity index is 646. The second kappa shape index (κ2) is 4.69. The number of rotatable bonds is 2. The van der Waals surface area contributed by atoms with E-state index in [-0.39, 0.29) is 5.69 Å². The number of hydrogen-bond donors (Lipinski definition) is 0. The van der Waals surface area contributed by atoms with Crippen LogP contribution in [0.3, 0.4) is 0 Å². The molecule has 6 nitrogen and oxygen atoms in total. The van der Waals surface area contributed by atoms with Crippen LogP contribution in [0, 0.1) is 10.1 Å². The van der Waals surface area contributed by atoms with Crippen molar-refractivity contribution in [1.82, 2.24) is 4.90 Å². The van der Waals surface area contributed by atoms with Gasteiger partial charge in [-0.1, -0.05) is 11.8 Å². The first-order valence-corrected chi connectivity index (χ1v) is 6.32. The van der Waals surface area contributed by atoms with Gasteiger partial charge in [-0.2, -0.15) is 0 Å². The van der Waals surface area contributed by atoms with E-state index in [4.69, 9.17) is 0 Å². The van der Waals surface area contributed by atoms with Gasteiger partial charge >= 0.3 is 0 Å². The first-order valence-electron chi connectivity index (χ1n) is 5.44. The number of nitro benzene ring substituents is 1. The number of hydrogen-bond acceptors (Lipinski definition) is 6. The lowest BCUT2D eigenvalue weighted by atomic mass is 10.1. The standard InChI is InChI=1S/C12H8N4O2S/c17-16(18)10-3-1-9(2-4-10)11-5-6-15-7-8-19-12(15)14-13-11/h1-8H. The molecule has 0 atom stereocenters. The third kappa shape index (κ3) is 2.27. The zero-order valence-corrected chi connectivity index (χ0v) is 10.4. The fourth-order valence-electron chi connectivity index (χ4n) is 1.66. The molecule has 0 radical (unpaired) electrons. The number of thioether (sulfide) groups is 1. The highest BCUT2D eigenvalue weighted by atomic mass is 32.2. The third-order valence-corrected chi connectivity index (χ3v) is 3.39. The van der Waals surface area contributed by atoms with Gasteiger partial charge in [0.25, 0.3) is 5.69 Å². The summed E-state index contributed by atoms with van der Waals surface area (Å²) in [6, 6.07) is 6.25. The maximum Gasteiger partial charge on any atom is 0.269 e. The molecule has 7 heteroatoms. The Hall–Kier alpha value is -2.41. The fourth-order valence-corrected chi connectivity index (χ4v) is 2.30. The molecule has 2 heterocycles. The third-order valence-electron chi connectivity index (χ3n) is 2.63. The average Bonchev–Trinajstić information content (AvgIpc) is 2.78. The highest BCUT2D eigenvalue weighted by Gasteiger charge is 2.15. The van der Waals surface area contributed by atoms with E-state index in [9.17, 15) is 10.1 Å². The summed E-state index contributed by atoms with van der Waals surface area (Å²) in [7, 11) is 0. The van der Waals surface area contributed by atoms with E-state index in [2.05, 4.69) is 10.2 Å². The lowest BCUT2D eigenvalue weighted by Crippen LogP contribution is -2.10. The number of nitrogens with zero attached hydrogens (tertiary/aromatic N) is 4. The SMILES string of the molecule is O=[N+]([O-])c1ccc(C2=NN=C3SC=CN3C=C2)cc1. The molecule has 3 rings (SSSR count). The van der Waals surface area contributed by atoms with Gasteiger partial charge in [-0.05, 0) is 23.6 Å². The van der Waals surface area contributed by atoms with Crippen molar-refractivity contribution in [3.05, 3.63) is 63.8 Å². The summed E-state index contributed by atoms with van der Waals surface area (Å²) in [5.74, 6) is 0. The van der Waals surface area contributed by atoms with E-state index in [0.717, 1.165) is 10.7 Å². The van der Waals surface area contributed by atoms with Crippen molar-refractivity contribution in [3.63, 3.8) is 0 Å². The maximum absolute atomic E-state index is 10.6. The van der Waals surface area contributed by atoms with Crippen molar-refractivity contribution in [2.45, 2.75) is 0 Å². The molecular weight excluding hydrogens is 264 g/mol. The second-order valence-electron chi connectivity index (χ2n) is 3.80. The van der Waals surface area contributed by atoms with Crippen molar-refractivity contribution < 1.29 is 4.92 Å². The smallest absolute Gasteiger partial charge is 0.269 e. The molecule has 1 aromatic carbocycles. The van der Waals surface area contributed by atoms with E-state index in [1.807, 2.05) is 28.8 Å². The zero-order valence-electron chi connectivity index (χ0n) is 9.63. The van der Waals surface area contributed by atoms with Crippen molar-refractivity contribution in [1.29, 1.82) is 0 Å². The quantitative estimate of drug-likeness (QED) is 0.613. The van der Waals surface area contributed by atoms with E-state index in [0.29, 0.717) is 5.71 Å². The lowest BCUT2D eigenvalue weighted by molar-refractivity contribution is -0.384. The molecule has 0 amide bonds. The predicted octanol–water partition coefficient (Wildman–Crippen LogP) is 2.70. The monoisotopic (exact) mass is 272 g/mol. The number of nitro groups is 1. The highest BCUT2D eigenvalue weighted by Crippen LogP contribution is 2.22. The van der Waals surface area contributed by atoms with E-state index in [1.54, 1.807) is 12.1 Å². The number of fused-ring (bicyclic) bond motifs is 1. The lowest BCUT2D eigenvalue weighted by Gasteiger charge is -2.06. The second-order valence-corrected chi connectivity index (χ2v) is 4.67. The van der Waals surface area contributed by atoms with Crippen LogP contribution >= 0.6 is 11.8 Å². The van der Waals surface area contributed by atoms with Crippen LogP contribution in [-0.2, 0) is 0 Å². The summed E-state index contributed by atoms with van der Waals surface area (Å²) < 4.78 is 0. The summed E-state index contributed by atoms with van der Waals surface area (Å²) in [5, 5.41) is 21.6. The molecule has 94 valence electrons. The number of non-ortho nitro benzene ring substituents is 1. The molecule has 1 aromatic rings. The molecule has 0 aliphatic carbocycles. The molecule has 0 N–H and O–H groups in total. The largest absolute Gasteiger partial charge is 0.301 e. The fraction of sp³-hybridized carbons (Fsp3) is 0. The molecule has 2 aliphatic rings. The Morgan fingerprint density at radius 1 is 1.16 bits per heavy atom. The highest BCUT2D eigenvalue weighted by molar-refractivity contribution is 8.16. The van der Waals surface area contributed by atoms with Gasteiger partial charge in [-0.15, -0.1) is 10.2 Å². The molecule has 2 aliphatic heterocycles. The summed E-state index contributed by atoms with van der Waals surface area (Å²) in [4.78, 5) is 12.0. The van der Waals surface area contributed by atoms with Crippen LogP contribution in [0.5, 0.6) is 0 Å². The van der Waals surface area contributed by atoms with Gasteiger partial charge < -0.3 is 4.90 Å². The number of amidine groups is 1. The van der Waals surface area contributed by atoms with Crippen molar-refractivity contribution in [2.24, 2.45) is 10.2 Å². The van der Waals surface area contributed by atoms with Gasteiger partial charge in [0.05, 0.1) is 10.6 Å². The molecule has 0 unspecified atom stereocenters. The molecular formula is C12H8N4O2S. The van der Waals surface area contributed by atoms with Crippen LogP contribution in [0.1, 0.15) is 5.56 Å². The maximum atomic E-state index is 10.6. The van der Waals surface area contributed by atoms with Gasteiger partial charge in [0.2, 0.25) is 0 Å². The molecule has 19 heavy (non-hydrogen) atoms. The Morgan fingerprint density at radius 3 is 2.68 bits per heavy atom. The Balaban J connectivity index is 1.91. The first-order chi connectivity index (χ1) is 9.24. The first kappa shape index (κ1) is 11.7. The zero-order chi connectivity index (χ0) is 13.2. The molecule has 0 aromatic heterocycles. The minimum atomic E-state index is -0.424. The topological polar surface area (TPSA) is 71.1 Å². The number of allylic oxidation sites excluding steroid dienone is 1. The van der Waals surface area contributed by atoms with E-state index < -0.39 is 4.92 Å². The molecule has 0 saturated carbocycles. The average molecular weight is 272 g/mol. The van der Waals surface area contributed by atoms with Crippen LogP contribution in [-0.4, -0.2) is 20.7 Å². The summed E-state index contributed by atoms with van der Waals surface area (Å²) in [5.41, 5.74) is 1.53. The van der Waals surface area contributed by atoms with Crippen LogP contribution in [0.15, 0.2) is 58.4 Å². The Labute approximate surface area is 113 Å². The van der Waals surface area contributed by atoms with Crippen LogP contribution in [0.4, 0.5) is 5.69 Å². The summed E-state index contributed by atoms with van der Waals surface area (Å²) in [6.45, 7) is 0. The van der Waals surface area contributed by atoms with Crippen LogP contribution < -0.4 is 0 Å². The van der Waals surface area contributed by atoms with Crippen LogP contribution in [0.25, 0.3) is 0 Å². The van der Waals surface area contributed by atoms with Crippen molar-refractivity contribution >= 4 is 28.3 Å². The minimum absolute atomic E-state index is 0.0624. The van der Waals surface area contributed by atoms with E-state index in [1.165, 1.54) is 23.9 Å². The predicted molar refractivity (Wildman–Crippen MR) is 74.8 cm³/mol. The molecule has 0 saturated heterocycles. The summed E-state index contributed by atoms with van der Waals surface area (Å²) >= 11 is 1.49. The normalized spacial score (nSPS) is 16.7. The molecule has 0 spiro atoms. The molecule has 0 bridgehead atoms. The summed E-state index contributed by atoms with van der Waals surface area (Å²) in [6.07, 6.45) is 5.59. The van der Waals surface area contributed by atoms with Gasteiger partial charge in [0.15, 0.2) is 5.17 Å². The number of benzene rings is 1. The van der Waals surface area contributed by atoms with Gasteiger partial charge in [-0.25, -0.2) is 0 Å². The molecule has 0 fully saturated rings.